The molecule has 5 heteroatoms. The molecule has 0 N–H and O–H groups in total. The first-order valence-corrected chi connectivity index (χ1v) is 8.62. The first-order valence-electron chi connectivity index (χ1n) is 7.63. The molecule has 0 saturated carbocycles. The maximum Gasteiger partial charge on any atom is 0.138 e. The lowest BCUT2D eigenvalue weighted by Crippen LogP contribution is -2.58. The summed E-state index contributed by atoms with van der Waals surface area (Å²) in [5.74, 6) is 1.96. The van der Waals surface area contributed by atoms with Crippen LogP contribution in [0.4, 0.5) is 0 Å². The van der Waals surface area contributed by atoms with Gasteiger partial charge in [0.25, 0.3) is 0 Å². The third kappa shape index (κ3) is 2.96. The molecule has 0 amide bonds. The van der Waals surface area contributed by atoms with E-state index in [-0.39, 0.29) is 0 Å². The van der Waals surface area contributed by atoms with Crippen LogP contribution in [0.1, 0.15) is 12.0 Å². The van der Waals surface area contributed by atoms with Gasteiger partial charge >= 0.3 is 0 Å². The number of ether oxygens (including phenoxy) is 1. The molecule has 2 aromatic rings. The molecule has 0 radical (unpaired) electrons. The highest BCUT2D eigenvalue weighted by atomic mass is 32.2. The fourth-order valence-electron chi connectivity index (χ4n) is 3.34. The smallest absolute Gasteiger partial charge is 0.138 e. The summed E-state index contributed by atoms with van der Waals surface area (Å²) >= 11 is 2.07. The predicted octanol–water partition coefficient (Wildman–Crippen LogP) is 2.62. The minimum Gasteiger partial charge on any atom is -0.488 e. The monoisotopic (exact) mass is 313 g/mol. The molecule has 4 rings (SSSR count). The second-order valence-electron chi connectivity index (χ2n) is 6.13. The van der Waals surface area contributed by atoms with Gasteiger partial charge in [-0.1, -0.05) is 6.07 Å². The van der Waals surface area contributed by atoms with Crippen LogP contribution in [0.2, 0.25) is 0 Å². The van der Waals surface area contributed by atoms with E-state index < -0.39 is 0 Å². The molecule has 22 heavy (non-hydrogen) atoms. The van der Waals surface area contributed by atoms with Gasteiger partial charge in [0, 0.05) is 55.1 Å². The lowest BCUT2D eigenvalue weighted by molar-refractivity contribution is 0.0919. The first-order chi connectivity index (χ1) is 10.8. The summed E-state index contributed by atoms with van der Waals surface area (Å²) in [6, 6.07) is 8.06. The van der Waals surface area contributed by atoms with Crippen LogP contribution in [-0.4, -0.2) is 44.6 Å². The zero-order valence-electron chi connectivity index (χ0n) is 12.4. The standard InChI is InChI=1S/C17H19N3OS/c1-3-14(8-18-5-1)10-20-12-17(13-20)7-16(11-22-17)21-15-4-2-6-19-9-15/h1-6,8-9,16H,7,10-13H2. The average molecular weight is 313 g/mol. The minimum absolute atomic E-state index is 0.315. The lowest BCUT2D eigenvalue weighted by Gasteiger charge is -2.47. The van der Waals surface area contributed by atoms with Crippen molar-refractivity contribution in [2.45, 2.75) is 23.8 Å². The summed E-state index contributed by atoms with van der Waals surface area (Å²) in [5.41, 5.74) is 1.29. The van der Waals surface area contributed by atoms with Crippen molar-refractivity contribution >= 4 is 11.8 Å². The Kier molecular flexibility index (Phi) is 3.76. The molecule has 1 unspecified atom stereocenters. The van der Waals surface area contributed by atoms with Crippen molar-refractivity contribution in [1.29, 1.82) is 0 Å². The summed E-state index contributed by atoms with van der Waals surface area (Å²) in [7, 11) is 0. The summed E-state index contributed by atoms with van der Waals surface area (Å²) in [6.07, 6.45) is 8.81. The maximum atomic E-state index is 6.05. The third-order valence-corrected chi connectivity index (χ3v) is 5.84. The van der Waals surface area contributed by atoms with Gasteiger partial charge in [0.05, 0.1) is 6.20 Å². The minimum atomic E-state index is 0.315. The Hall–Kier alpha value is -1.59. The Morgan fingerprint density at radius 2 is 2.00 bits per heavy atom. The topological polar surface area (TPSA) is 38.2 Å². The highest BCUT2D eigenvalue weighted by molar-refractivity contribution is 8.01. The number of aromatic nitrogens is 2. The first kappa shape index (κ1) is 14.0. The van der Waals surface area contributed by atoms with Gasteiger partial charge in [-0.25, -0.2) is 0 Å². The Balaban J connectivity index is 1.29. The Morgan fingerprint density at radius 1 is 1.18 bits per heavy atom. The molecule has 114 valence electrons. The average Bonchev–Trinajstić information content (AvgIpc) is 2.93. The van der Waals surface area contributed by atoms with E-state index in [1.54, 1.807) is 12.4 Å². The molecule has 0 bridgehead atoms. The molecule has 2 saturated heterocycles. The van der Waals surface area contributed by atoms with Crippen molar-refractivity contribution < 1.29 is 4.74 Å². The Morgan fingerprint density at radius 3 is 2.73 bits per heavy atom. The molecular formula is C17H19N3OS. The highest BCUT2D eigenvalue weighted by Gasteiger charge is 2.49. The van der Waals surface area contributed by atoms with E-state index in [1.807, 2.05) is 30.6 Å². The molecular weight excluding hydrogens is 294 g/mol. The van der Waals surface area contributed by atoms with Gasteiger partial charge in [-0.3, -0.25) is 14.9 Å². The van der Waals surface area contributed by atoms with Crippen molar-refractivity contribution in [3.8, 4) is 5.75 Å². The van der Waals surface area contributed by atoms with Crippen molar-refractivity contribution in [2.24, 2.45) is 0 Å². The molecule has 2 aromatic heterocycles. The molecule has 1 spiro atoms. The van der Waals surface area contributed by atoms with E-state index in [0.29, 0.717) is 10.9 Å². The summed E-state index contributed by atoms with van der Waals surface area (Å²) in [5, 5.41) is 0. The number of likely N-dealkylation sites (tertiary alicyclic amines) is 1. The van der Waals surface area contributed by atoms with Crippen molar-refractivity contribution in [1.82, 2.24) is 14.9 Å². The second kappa shape index (κ2) is 5.89. The lowest BCUT2D eigenvalue weighted by atomic mass is 9.92. The second-order valence-corrected chi connectivity index (χ2v) is 7.62. The molecule has 0 aliphatic carbocycles. The van der Waals surface area contributed by atoms with E-state index in [4.69, 9.17) is 4.74 Å². The zero-order valence-corrected chi connectivity index (χ0v) is 13.2. The van der Waals surface area contributed by atoms with E-state index in [1.165, 1.54) is 5.56 Å². The summed E-state index contributed by atoms with van der Waals surface area (Å²) in [4.78, 5) is 10.8. The van der Waals surface area contributed by atoms with Gasteiger partial charge < -0.3 is 4.74 Å². The Labute approximate surface area is 134 Å². The molecule has 4 nitrogen and oxygen atoms in total. The fraction of sp³-hybridized carbons (Fsp3) is 0.412. The number of rotatable bonds is 4. The molecule has 0 aromatic carbocycles. The molecule has 2 fully saturated rings. The number of thioether (sulfide) groups is 1. The molecule has 2 aliphatic rings. The van der Waals surface area contributed by atoms with E-state index >= 15 is 0 Å². The summed E-state index contributed by atoms with van der Waals surface area (Å²) < 4.78 is 6.45. The Bertz CT molecular complexity index is 616. The van der Waals surface area contributed by atoms with Crippen LogP contribution in [0, 0.1) is 0 Å². The highest BCUT2D eigenvalue weighted by Crippen LogP contribution is 2.46. The molecule has 4 heterocycles. The van der Waals surface area contributed by atoms with Crippen molar-refractivity contribution in [3.63, 3.8) is 0 Å². The third-order valence-electron chi connectivity index (χ3n) is 4.26. The van der Waals surface area contributed by atoms with Crippen LogP contribution in [0.15, 0.2) is 49.1 Å². The van der Waals surface area contributed by atoms with Crippen LogP contribution in [-0.2, 0) is 6.54 Å². The number of hydrogen-bond donors (Lipinski definition) is 0. The normalized spacial score (nSPS) is 23.4. The van der Waals surface area contributed by atoms with Crippen LogP contribution < -0.4 is 4.74 Å². The molecule has 1 atom stereocenters. The van der Waals surface area contributed by atoms with Crippen LogP contribution in [0.25, 0.3) is 0 Å². The van der Waals surface area contributed by atoms with Gasteiger partial charge in [-0.05, 0) is 23.8 Å². The predicted molar refractivity (Wildman–Crippen MR) is 88.0 cm³/mol. The SMILES string of the molecule is c1cncc(CN2CC3(CC(Oc4cccnc4)CS3)C2)c1. The largest absolute Gasteiger partial charge is 0.488 e. The van der Waals surface area contributed by atoms with Crippen molar-refractivity contribution in [2.75, 3.05) is 18.8 Å². The van der Waals surface area contributed by atoms with E-state index in [2.05, 4.69) is 32.7 Å². The van der Waals surface area contributed by atoms with Gasteiger partial charge in [0.1, 0.15) is 11.9 Å². The summed E-state index contributed by atoms with van der Waals surface area (Å²) in [6.45, 7) is 3.31. The maximum absolute atomic E-state index is 6.05. The quantitative estimate of drug-likeness (QED) is 0.867. The zero-order chi connectivity index (χ0) is 14.8. The fourth-order valence-corrected chi connectivity index (χ4v) is 4.92. The van der Waals surface area contributed by atoms with Gasteiger partial charge in [-0.15, -0.1) is 11.8 Å². The van der Waals surface area contributed by atoms with Crippen molar-refractivity contribution in [3.05, 3.63) is 54.6 Å². The van der Waals surface area contributed by atoms with Gasteiger partial charge in [0.2, 0.25) is 0 Å². The number of pyridine rings is 2. The van der Waals surface area contributed by atoms with Crippen LogP contribution in [0.3, 0.4) is 0 Å². The number of hydrogen-bond acceptors (Lipinski definition) is 5. The number of nitrogens with zero attached hydrogens (tertiary/aromatic N) is 3. The van der Waals surface area contributed by atoms with E-state index in [9.17, 15) is 0 Å². The van der Waals surface area contributed by atoms with Crippen LogP contribution >= 0.6 is 11.8 Å². The van der Waals surface area contributed by atoms with Gasteiger partial charge in [0.15, 0.2) is 0 Å². The van der Waals surface area contributed by atoms with Crippen LogP contribution in [0.5, 0.6) is 5.75 Å². The molecule has 2 aliphatic heterocycles. The van der Waals surface area contributed by atoms with E-state index in [0.717, 1.165) is 37.6 Å². The van der Waals surface area contributed by atoms with Gasteiger partial charge in [-0.2, -0.15) is 0 Å².